The molecular weight excluding hydrogens is 353 g/mol. The molecule has 0 aliphatic rings. The van der Waals surface area contributed by atoms with Gasteiger partial charge in [-0.1, -0.05) is 52.7 Å². The Labute approximate surface area is 138 Å². The lowest BCUT2D eigenvalue weighted by Crippen LogP contribution is -2.23. The fourth-order valence-corrected chi connectivity index (χ4v) is 3.14. The van der Waals surface area contributed by atoms with E-state index in [0.717, 1.165) is 33.3 Å². The molecular formula is C17H18BrClFN. The number of hydrogen-bond acceptors (Lipinski definition) is 1. The Kier molecular flexibility index (Phi) is 5.42. The second kappa shape index (κ2) is 6.91. The molecule has 1 N–H and O–H groups in total. The summed E-state index contributed by atoms with van der Waals surface area (Å²) in [6.45, 7) is 6.90. The van der Waals surface area contributed by atoms with Crippen LogP contribution in [0, 0.1) is 19.7 Å². The average molecular weight is 371 g/mol. The average Bonchev–Trinajstić information content (AvgIpc) is 2.44. The highest BCUT2D eigenvalue weighted by molar-refractivity contribution is 9.10. The van der Waals surface area contributed by atoms with Gasteiger partial charge in [-0.3, -0.25) is 0 Å². The van der Waals surface area contributed by atoms with E-state index in [2.05, 4.69) is 40.3 Å². The van der Waals surface area contributed by atoms with Crippen LogP contribution in [0.5, 0.6) is 0 Å². The van der Waals surface area contributed by atoms with Crippen molar-refractivity contribution < 1.29 is 4.39 Å². The number of aryl methyl sites for hydroxylation is 2. The van der Waals surface area contributed by atoms with E-state index in [4.69, 9.17) is 11.6 Å². The molecule has 0 fully saturated rings. The molecule has 2 rings (SSSR count). The minimum atomic E-state index is -0.386. The first-order chi connectivity index (χ1) is 9.95. The van der Waals surface area contributed by atoms with Crippen molar-refractivity contribution in [2.45, 2.75) is 26.8 Å². The topological polar surface area (TPSA) is 12.0 Å². The summed E-state index contributed by atoms with van der Waals surface area (Å²) < 4.78 is 14.8. The summed E-state index contributed by atoms with van der Waals surface area (Å²) in [5.41, 5.74) is 4.16. The minimum absolute atomic E-state index is 0.120. The molecule has 1 unspecified atom stereocenters. The standard InChI is InChI=1S/C17H18BrClFN/c1-4-21-17(12-6-5-7-15(20)16(12)19)13-8-11(3)14(18)9-10(13)2/h5-9,17,21H,4H2,1-3H3. The van der Waals surface area contributed by atoms with E-state index in [-0.39, 0.29) is 16.9 Å². The van der Waals surface area contributed by atoms with Crippen LogP contribution in [-0.2, 0) is 0 Å². The van der Waals surface area contributed by atoms with Gasteiger partial charge in [-0.05, 0) is 54.8 Å². The van der Waals surface area contributed by atoms with Crippen LogP contribution in [0.4, 0.5) is 4.39 Å². The van der Waals surface area contributed by atoms with Crippen molar-refractivity contribution in [2.75, 3.05) is 6.54 Å². The number of nitrogens with one attached hydrogen (secondary N) is 1. The fraction of sp³-hybridized carbons (Fsp3) is 0.294. The third kappa shape index (κ3) is 3.47. The van der Waals surface area contributed by atoms with Gasteiger partial charge in [0.25, 0.3) is 0 Å². The minimum Gasteiger partial charge on any atom is -0.306 e. The van der Waals surface area contributed by atoms with Crippen molar-refractivity contribution in [1.82, 2.24) is 5.32 Å². The van der Waals surface area contributed by atoms with Gasteiger partial charge in [0.15, 0.2) is 0 Å². The first kappa shape index (κ1) is 16.5. The van der Waals surface area contributed by atoms with E-state index in [0.29, 0.717) is 0 Å². The van der Waals surface area contributed by atoms with Gasteiger partial charge in [0.05, 0.1) is 11.1 Å². The second-order valence-electron chi connectivity index (χ2n) is 5.09. The third-order valence-corrected chi connectivity index (χ3v) is 4.81. The molecule has 21 heavy (non-hydrogen) atoms. The van der Waals surface area contributed by atoms with E-state index in [9.17, 15) is 4.39 Å². The van der Waals surface area contributed by atoms with Crippen molar-refractivity contribution in [3.63, 3.8) is 0 Å². The van der Waals surface area contributed by atoms with Crippen LogP contribution in [0.15, 0.2) is 34.8 Å². The molecule has 0 aliphatic heterocycles. The summed E-state index contributed by atoms with van der Waals surface area (Å²) in [4.78, 5) is 0. The summed E-state index contributed by atoms with van der Waals surface area (Å²) >= 11 is 9.72. The monoisotopic (exact) mass is 369 g/mol. The first-order valence-electron chi connectivity index (χ1n) is 6.89. The third-order valence-electron chi connectivity index (χ3n) is 3.56. The molecule has 0 radical (unpaired) electrons. The van der Waals surface area contributed by atoms with Crippen LogP contribution in [0.2, 0.25) is 5.02 Å². The summed E-state index contributed by atoms with van der Waals surface area (Å²) in [6.07, 6.45) is 0. The van der Waals surface area contributed by atoms with E-state index in [1.165, 1.54) is 6.07 Å². The zero-order valence-electron chi connectivity index (χ0n) is 12.3. The summed E-state index contributed by atoms with van der Waals surface area (Å²) in [6, 6.07) is 9.03. The van der Waals surface area contributed by atoms with Crippen molar-refractivity contribution in [1.29, 1.82) is 0 Å². The van der Waals surface area contributed by atoms with Crippen molar-refractivity contribution >= 4 is 27.5 Å². The largest absolute Gasteiger partial charge is 0.306 e. The lowest BCUT2D eigenvalue weighted by atomic mass is 9.93. The van der Waals surface area contributed by atoms with Crippen molar-refractivity contribution in [3.8, 4) is 0 Å². The zero-order chi connectivity index (χ0) is 15.6. The molecule has 0 aromatic heterocycles. The summed E-state index contributed by atoms with van der Waals surface area (Å²) in [7, 11) is 0. The Balaban J connectivity index is 2.59. The highest BCUT2D eigenvalue weighted by atomic mass is 79.9. The molecule has 2 aromatic rings. The Morgan fingerprint density at radius 3 is 2.57 bits per heavy atom. The first-order valence-corrected chi connectivity index (χ1v) is 8.06. The molecule has 2 aromatic carbocycles. The predicted molar refractivity (Wildman–Crippen MR) is 90.5 cm³/mol. The van der Waals surface area contributed by atoms with Gasteiger partial charge >= 0.3 is 0 Å². The van der Waals surface area contributed by atoms with Crippen LogP contribution in [0.25, 0.3) is 0 Å². The summed E-state index contributed by atoms with van der Waals surface area (Å²) in [5.74, 6) is -0.386. The van der Waals surface area contributed by atoms with Gasteiger partial charge in [-0.15, -0.1) is 0 Å². The molecule has 4 heteroatoms. The van der Waals surface area contributed by atoms with E-state index in [1.807, 2.05) is 19.9 Å². The smallest absolute Gasteiger partial charge is 0.142 e. The fourth-order valence-electron chi connectivity index (χ4n) is 2.45. The molecule has 0 saturated heterocycles. The number of benzene rings is 2. The number of halogens is 3. The highest BCUT2D eigenvalue weighted by Crippen LogP contribution is 2.33. The van der Waals surface area contributed by atoms with Crippen molar-refractivity contribution in [3.05, 3.63) is 67.9 Å². The maximum atomic E-state index is 13.8. The Morgan fingerprint density at radius 2 is 1.90 bits per heavy atom. The Morgan fingerprint density at radius 1 is 1.19 bits per heavy atom. The molecule has 1 nitrogen and oxygen atoms in total. The molecule has 0 spiro atoms. The van der Waals surface area contributed by atoms with Crippen molar-refractivity contribution in [2.24, 2.45) is 0 Å². The maximum absolute atomic E-state index is 13.8. The molecule has 112 valence electrons. The van der Waals surface area contributed by atoms with E-state index >= 15 is 0 Å². The van der Waals surface area contributed by atoms with Gasteiger partial charge in [0.1, 0.15) is 5.82 Å². The van der Waals surface area contributed by atoms with Crippen LogP contribution in [0.3, 0.4) is 0 Å². The SMILES string of the molecule is CCNC(c1cc(C)c(Br)cc1C)c1cccc(F)c1Cl. The zero-order valence-corrected chi connectivity index (χ0v) is 14.6. The summed E-state index contributed by atoms with van der Waals surface area (Å²) in [5, 5.41) is 3.59. The van der Waals surface area contributed by atoms with Gasteiger partial charge in [0, 0.05) is 4.47 Å². The van der Waals surface area contributed by atoms with Gasteiger partial charge in [-0.25, -0.2) is 4.39 Å². The molecule has 0 bridgehead atoms. The quantitative estimate of drug-likeness (QED) is 0.743. The molecule has 0 aliphatic carbocycles. The Hall–Kier alpha value is -0.900. The van der Waals surface area contributed by atoms with E-state index < -0.39 is 0 Å². The number of hydrogen-bond donors (Lipinski definition) is 1. The van der Waals surface area contributed by atoms with Crippen LogP contribution >= 0.6 is 27.5 Å². The van der Waals surface area contributed by atoms with Gasteiger partial charge in [-0.2, -0.15) is 0 Å². The molecule has 0 heterocycles. The Bertz CT molecular complexity index is 657. The van der Waals surface area contributed by atoms with Gasteiger partial charge < -0.3 is 5.32 Å². The second-order valence-corrected chi connectivity index (χ2v) is 6.32. The van der Waals surface area contributed by atoms with Crippen LogP contribution in [-0.4, -0.2) is 6.54 Å². The van der Waals surface area contributed by atoms with E-state index in [1.54, 1.807) is 6.07 Å². The predicted octanol–water partition coefficient (Wildman–Crippen LogP) is 5.56. The maximum Gasteiger partial charge on any atom is 0.142 e. The highest BCUT2D eigenvalue weighted by Gasteiger charge is 2.20. The number of rotatable bonds is 4. The van der Waals surface area contributed by atoms with Crippen LogP contribution in [0.1, 0.15) is 35.2 Å². The van der Waals surface area contributed by atoms with Crippen LogP contribution < -0.4 is 5.32 Å². The van der Waals surface area contributed by atoms with Gasteiger partial charge in [0.2, 0.25) is 0 Å². The lowest BCUT2D eigenvalue weighted by Gasteiger charge is -2.23. The molecule has 1 atom stereocenters. The molecule has 0 amide bonds. The lowest BCUT2D eigenvalue weighted by molar-refractivity contribution is 0.602. The molecule has 0 saturated carbocycles. The normalized spacial score (nSPS) is 12.5.